The molecule has 2 aromatic rings. The minimum absolute atomic E-state index is 0.0241. The highest BCUT2D eigenvalue weighted by Crippen LogP contribution is 2.36. The van der Waals surface area contributed by atoms with E-state index in [1.165, 1.54) is 7.11 Å². The summed E-state index contributed by atoms with van der Waals surface area (Å²) in [5.41, 5.74) is 0.293. The maximum absolute atomic E-state index is 14.4. The first-order valence-electron chi connectivity index (χ1n) is 9.23. The third-order valence-corrected chi connectivity index (χ3v) is 5.71. The molecule has 0 fully saturated rings. The zero-order valence-electron chi connectivity index (χ0n) is 16.7. The van der Waals surface area contributed by atoms with Crippen LogP contribution in [0.2, 0.25) is 0 Å². The Morgan fingerprint density at radius 2 is 1.96 bits per heavy atom. The van der Waals surface area contributed by atoms with Crippen molar-refractivity contribution in [3.63, 3.8) is 0 Å². The van der Waals surface area contributed by atoms with Gasteiger partial charge in [-0.1, -0.05) is 20.8 Å². The van der Waals surface area contributed by atoms with Crippen molar-refractivity contribution < 1.29 is 23.1 Å². The number of rotatable bonds is 9. The van der Waals surface area contributed by atoms with Crippen molar-refractivity contribution in [1.29, 1.82) is 0 Å². The monoisotopic (exact) mass is 409 g/mol. The lowest BCUT2D eigenvalue weighted by Gasteiger charge is -2.19. The van der Waals surface area contributed by atoms with Crippen molar-refractivity contribution in [2.24, 2.45) is 11.8 Å². The topological polar surface area (TPSA) is 56.3 Å². The number of nitrogens with zero attached hydrogens (tertiary/aromatic N) is 1. The first-order valence-corrected chi connectivity index (χ1v) is 10.0. The van der Waals surface area contributed by atoms with Gasteiger partial charge in [-0.05, 0) is 31.7 Å². The molecule has 0 spiro atoms. The number of aromatic nitrogens is 1. The summed E-state index contributed by atoms with van der Waals surface area (Å²) in [7, 11) is 1.25. The van der Waals surface area contributed by atoms with Crippen molar-refractivity contribution in [2.75, 3.05) is 7.11 Å². The number of benzene rings is 1. The van der Waals surface area contributed by atoms with Gasteiger partial charge in [0.25, 0.3) is 0 Å². The largest absolute Gasteiger partial charge is 0.494 e. The number of Topliss-reactive ketones (excluding diaryl/α,β-unsaturated/α-hetero) is 1. The van der Waals surface area contributed by atoms with Crippen LogP contribution >= 0.6 is 11.3 Å². The van der Waals surface area contributed by atoms with Crippen LogP contribution in [0.5, 0.6) is 5.75 Å². The molecule has 0 N–H and O–H groups in total. The number of carbonyl (C=O) groups is 2. The third kappa shape index (κ3) is 4.63. The second-order valence-corrected chi connectivity index (χ2v) is 8.38. The maximum atomic E-state index is 14.4. The first-order chi connectivity index (χ1) is 13.2. The lowest BCUT2D eigenvalue weighted by Crippen LogP contribution is -2.25. The first kappa shape index (κ1) is 22.1. The lowest BCUT2D eigenvalue weighted by atomic mass is 9.84. The SMILES string of the molecule is CC[C@@H](CC(C)C)C(=O)C(C=O)c1nc(-c2cc(F)c(OC)cc2F)sc1C. The number of hydrogen-bond acceptors (Lipinski definition) is 5. The summed E-state index contributed by atoms with van der Waals surface area (Å²) in [6.45, 7) is 7.70. The number of methoxy groups -OCH3 is 1. The number of thiazole rings is 1. The quantitative estimate of drug-likeness (QED) is 0.415. The fraction of sp³-hybridized carbons (Fsp3) is 0.476. The van der Waals surface area contributed by atoms with Crippen LogP contribution in [-0.4, -0.2) is 24.2 Å². The summed E-state index contributed by atoms with van der Waals surface area (Å²) >= 11 is 1.13. The van der Waals surface area contributed by atoms with Crippen molar-refractivity contribution in [1.82, 2.24) is 4.98 Å². The molecule has 4 nitrogen and oxygen atoms in total. The zero-order chi connectivity index (χ0) is 21.0. The van der Waals surface area contributed by atoms with E-state index in [0.29, 0.717) is 35.6 Å². The zero-order valence-corrected chi connectivity index (χ0v) is 17.5. The summed E-state index contributed by atoms with van der Waals surface area (Å²) in [4.78, 5) is 29.7. The summed E-state index contributed by atoms with van der Waals surface area (Å²) in [6.07, 6.45) is 1.92. The van der Waals surface area contributed by atoms with Crippen LogP contribution < -0.4 is 4.74 Å². The maximum Gasteiger partial charge on any atom is 0.165 e. The molecule has 2 rings (SSSR count). The molecule has 28 heavy (non-hydrogen) atoms. The van der Waals surface area contributed by atoms with Crippen LogP contribution in [-0.2, 0) is 9.59 Å². The van der Waals surface area contributed by atoms with Gasteiger partial charge >= 0.3 is 0 Å². The van der Waals surface area contributed by atoms with Crippen molar-refractivity contribution in [3.05, 3.63) is 34.3 Å². The van der Waals surface area contributed by atoms with E-state index in [9.17, 15) is 18.4 Å². The number of hydrogen-bond donors (Lipinski definition) is 0. The van der Waals surface area contributed by atoms with Gasteiger partial charge in [0.2, 0.25) is 0 Å². The molecule has 0 aliphatic rings. The number of ketones is 1. The van der Waals surface area contributed by atoms with Crippen LogP contribution in [0.15, 0.2) is 12.1 Å². The van der Waals surface area contributed by atoms with Gasteiger partial charge in [-0.2, -0.15) is 0 Å². The number of aldehydes is 1. The minimum Gasteiger partial charge on any atom is -0.494 e. The second kappa shape index (κ2) is 9.37. The second-order valence-electron chi connectivity index (χ2n) is 7.18. The molecule has 0 saturated heterocycles. The molecule has 7 heteroatoms. The highest BCUT2D eigenvalue weighted by molar-refractivity contribution is 7.15. The van der Waals surface area contributed by atoms with Gasteiger partial charge < -0.3 is 9.53 Å². The standard InChI is InChI=1S/C21H25F2NO3S/c1-6-13(7-11(2)3)20(26)15(10-25)19-12(4)28-21(24-19)14-8-17(23)18(27-5)9-16(14)22/h8-11,13,15H,6-7H2,1-5H3/t13-,15?/m0/s1. The Hall–Kier alpha value is -2.15. The fourth-order valence-corrected chi connectivity index (χ4v) is 4.21. The Balaban J connectivity index is 2.43. The predicted molar refractivity (Wildman–Crippen MR) is 106 cm³/mol. The minimum atomic E-state index is -1.00. The molecule has 152 valence electrons. The van der Waals surface area contributed by atoms with E-state index in [2.05, 4.69) is 4.98 Å². The predicted octanol–water partition coefficient (Wildman–Crippen LogP) is 5.33. The molecule has 1 aromatic heterocycles. The summed E-state index contributed by atoms with van der Waals surface area (Å²) in [6, 6.07) is 1.97. The van der Waals surface area contributed by atoms with Crippen LogP contribution in [0.4, 0.5) is 8.78 Å². The van der Waals surface area contributed by atoms with E-state index in [-0.39, 0.29) is 28.0 Å². The molecule has 1 heterocycles. The Labute approximate surface area is 167 Å². The van der Waals surface area contributed by atoms with Crippen LogP contribution in [0.1, 0.15) is 50.1 Å². The number of ether oxygens (including phenoxy) is 1. The van der Waals surface area contributed by atoms with Gasteiger partial charge in [0, 0.05) is 22.4 Å². The van der Waals surface area contributed by atoms with E-state index in [4.69, 9.17) is 4.74 Å². The molecule has 2 atom stereocenters. The summed E-state index contributed by atoms with van der Waals surface area (Å²) < 4.78 is 33.2. The Bertz CT molecular complexity index is 864. The van der Waals surface area contributed by atoms with Gasteiger partial charge in [0.05, 0.1) is 12.8 Å². The molecule has 1 aromatic carbocycles. The molecule has 0 aliphatic heterocycles. The number of halogens is 2. The third-order valence-electron chi connectivity index (χ3n) is 4.69. The molecule has 0 amide bonds. The van der Waals surface area contributed by atoms with E-state index < -0.39 is 17.6 Å². The molecular formula is C21H25F2NO3S. The van der Waals surface area contributed by atoms with E-state index >= 15 is 0 Å². The number of carbonyl (C=O) groups excluding carboxylic acids is 2. The van der Waals surface area contributed by atoms with Crippen LogP contribution in [0.25, 0.3) is 10.6 Å². The smallest absolute Gasteiger partial charge is 0.165 e. The molecule has 0 aliphatic carbocycles. The molecule has 0 radical (unpaired) electrons. The Morgan fingerprint density at radius 1 is 1.29 bits per heavy atom. The molecular weight excluding hydrogens is 384 g/mol. The highest BCUT2D eigenvalue weighted by Gasteiger charge is 2.31. The van der Waals surface area contributed by atoms with Gasteiger partial charge in [-0.25, -0.2) is 13.8 Å². The number of aryl methyl sites for hydroxylation is 1. The van der Waals surface area contributed by atoms with Crippen LogP contribution in [0.3, 0.4) is 0 Å². The molecule has 0 bridgehead atoms. The van der Waals surface area contributed by atoms with E-state index in [1.807, 2.05) is 20.8 Å². The fourth-order valence-electron chi connectivity index (χ4n) is 3.23. The lowest BCUT2D eigenvalue weighted by molar-refractivity contribution is -0.128. The normalized spacial score (nSPS) is 13.4. The van der Waals surface area contributed by atoms with Crippen molar-refractivity contribution in [2.45, 2.75) is 46.5 Å². The Kier molecular flexibility index (Phi) is 7.41. The molecule has 1 unspecified atom stereocenters. The Morgan fingerprint density at radius 3 is 2.50 bits per heavy atom. The highest BCUT2D eigenvalue weighted by atomic mass is 32.1. The summed E-state index contributed by atoms with van der Waals surface area (Å²) in [5, 5.41) is 0.225. The van der Waals surface area contributed by atoms with E-state index in [0.717, 1.165) is 23.5 Å². The van der Waals surface area contributed by atoms with Gasteiger partial charge in [0.1, 0.15) is 23.0 Å². The van der Waals surface area contributed by atoms with Crippen LogP contribution in [0, 0.1) is 30.4 Å². The van der Waals surface area contributed by atoms with Gasteiger partial charge in [0.15, 0.2) is 17.3 Å². The molecule has 0 saturated carbocycles. The van der Waals surface area contributed by atoms with Crippen molar-refractivity contribution in [3.8, 4) is 16.3 Å². The van der Waals surface area contributed by atoms with Gasteiger partial charge in [-0.15, -0.1) is 11.3 Å². The average Bonchev–Trinajstić information content (AvgIpc) is 3.02. The average molecular weight is 409 g/mol. The summed E-state index contributed by atoms with van der Waals surface area (Å²) in [5.74, 6) is -2.68. The van der Waals surface area contributed by atoms with E-state index in [1.54, 1.807) is 6.92 Å². The van der Waals surface area contributed by atoms with Crippen molar-refractivity contribution >= 4 is 23.4 Å². The van der Waals surface area contributed by atoms with Gasteiger partial charge in [-0.3, -0.25) is 4.79 Å².